The topological polar surface area (TPSA) is 166 Å². The fourth-order valence-corrected chi connectivity index (χ4v) is 6.70. The van der Waals surface area contributed by atoms with Gasteiger partial charge in [-0.05, 0) is 137 Å². The molecule has 0 radical (unpaired) electrons. The number of hydrogen-bond acceptors (Lipinski definition) is 10. The maximum absolute atomic E-state index is 13.7. The van der Waals surface area contributed by atoms with Crippen LogP contribution in [0.15, 0.2) is 18.2 Å². The van der Waals surface area contributed by atoms with Gasteiger partial charge in [-0.25, -0.2) is 19.2 Å². The smallest absolute Gasteiger partial charge is 0.347 e. The van der Waals surface area contributed by atoms with Crippen molar-refractivity contribution >= 4 is 35.5 Å². The van der Waals surface area contributed by atoms with Gasteiger partial charge in [0.1, 0.15) is 39.1 Å². The zero-order chi connectivity index (χ0) is 39.1. The molecule has 11 nitrogen and oxygen atoms in total. The van der Waals surface area contributed by atoms with Gasteiger partial charge in [0, 0.05) is 6.07 Å². The van der Waals surface area contributed by atoms with Crippen molar-refractivity contribution in [2.45, 2.75) is 75.7 Å². The molecule has 0 aromatic heterocycles. The van der Waals surface area contributed by atoms with Crippen LogP contribution in [0, 0.1) is 62.3 Å². The SMILES string of the molecule is CCc1c(C)c(C(=O)O)c(C)c(C)c1OC(=O)c1c(C)cc(OC(=O)c2c(C)c(C)c(OC(=O)c3c(C)cc(O)cc3OC)c(Cl)c2O)c(C)c1C. The van der Waals surface area contributed by atoms with E-state index in [2.05, 4.69) is 0 Å². The second-order valence-corrected chi connectivity index (χ2v) is 13.0. The Kier molecular flexibility index (Phi) is 11.3. The molecular formula is C40H41ClO11. The highest BCUT2D eigenvalue weighted by atomic mass is 35.5. The summed E-state index contributed by atoms with van der Waals surface area (Å²) in [6, 6.07) is 4.13. The molecule has 0 spiro atoms. The van der Waals surface area contributed by atoms with E-state index < -0.39 is 34.6 Å². The molecule has 0 amide bonds. The average Bonchev–Trinajstić information content (AvgIpc) is 3.06. The molecule has 4 rings (SSSR count). The average molecular weight is 733 g/mol. The molecule has 0 saturated heterocycles. The Morgan fingerprint density at radius 1 is 0.596 bits per heavy atom. The van der Waals surface area contributed by atoms with E-state index in [1.54, 1.807) is 55.4 Å². The van der Waals surface area contributed by atoms with Crippen LogP contribution in [-0.2, 0) is 6.42 Å². The Labute approximate surface area is 306 Å². The molecule has 0 aliphatic carbocycles. The molecule has 0 unspecified atom stereocenters. The lowest BCUT2D eigenvalue weighted by atomic mass is 9.91. The molecule has 4 aromatic carbocycles. The maximum Gasteiger partial charge on any atom is 0.347 e. The lowest BCUT2D eigenvalue weighted by molar-refractivity contribution is 0.0689. The van der Waals surface area contributed by atoms with Gasteiger partial charge in [-0.2, -0.15) is 0 Å². The van der Waals surface area contributed by atoms with Crippen molar-refractivity contribution in [2.75, 3.05) is 7.11 Å². The Bertz CT molecular complexity index is 2170. The summed E-state index contributed by atoms with van der Waals surface area (Å²) in [6.45, 7) is 16.6. The van der Waals surface area contributed by atoms with Gasteiger partial charge in [-0.15, -0.1) is 0 Å². The first-order valence-electron chi connectivity index (χ1n) is 16.3. The predicted molar refractivity (Wildman–Crippen MR) is 195 cm³/mol. The summed E-state index contributed by atoms with van der Waals surface area (Å²) in [5.74, 6) is -3.97. The minimum atomic E-state index is -1.06. The number of phenolic OH excluding ortho intramolecular Hbond substituents is 2. The van der Waals surface area contributed by atoms with Crippen molar-refractivity contribution in [1.29, 1.82) is 0 Å². The number of carboxylic acids is 1. The number of carbonyl (C=O) groups is 4. The molecular weight excluding hydrogens is 692 g/mol. The fourth-order valence-electron chi connectivity index (χ4n) is 6.42. The van der Waals surface area contributed by atoms with Crippen LogP contribution >= 0.6 is 11.6 Å². The number of phenols is 2. The standard InChI is InChI=1S/C40H41ClO11/c1-12-26-24(10)31(37(44)45)20(6)22(8)35(26)51-38(46)29-17(3)14-27(18(4)19(29)5)50-40(48)32-21(7)23(9)36(33(41)34(32)43)52-39(47)30-16(2)13-25(42)15-28(30)49-11/h13-15,42-43H,12H2,1-11H3,(H,44,45). The number of carboxylic acid groups (broad SMARTS) is 1. The molecule has 0 aliphatic heterocycles. The quantitative estimate of drug-likeness (QED) is 0.112. The number of hydrogen-bond donors (Lipinski definition) is 3. The van der Waals surface area contributed by atoms with Crippen LogP contribution in [0.1, 0.15) is 104 Å². The van der Waals surface area contributed by atoms with Crippen LogP contribution in [0.25, 0.3) is 0 Å². The maximum atomic E-state index is 13.7. The van der Waals surface area contributed by atoms with Crippen LogP contribution < -0.4 is 18.9 Å². The monoisotopic (exact) mass is 732 g/mol. The molecule has 0 atom stereocenters. The number of aryl methyl sites for hydroxylation is 2. The van der Waals surface area contributed by atoms with E-state index >= 15 is 0 Å². The summed E-state index contributed by atoms with van der Waals surface area (Å²) in [4.78, 5) is 52.5. The van der Waals surface area contributed by atoms with E-state index in [4.69, 9.17) is 30.5 Å². The summed E-state index contributed by atoms with van der Waals surface area (Å²) >= 11 is 6.49. The van der Waals surface area contributed by atoms with E-state index in [0.717, 1.165) is 0 Å². The number of ether oxygens (including phenoxy) is 4. The minimum Gasteiger partial charge on any atom is -0.508 e. The lowest BCUT2D eigenvalue weighted by Crippen LogP contribution is -2.18. The molecule has 0 aliphatic rings. The van der Waals surface area contributed by atoms with Crippen LogP contribution in [-0.4, -0.2) is 46.3 Å². The van der Waals surface area contributed by atoms with E-state index in [1.165, 1.54) is 32.2 Å². The number of aromatic carboxylic acids is 1. The molecule has 0 saturated carbocycles. The second kappa shape index (κ2) is 15.0. The molecule has 274 valence electrons. The third-order valence-corrected chi connectivity index (χ3v) is 9.98. The highest BCUT2D eigenvalue weighted by Crippen LogP contribution is 2.43. The first kappa shape index (κ1) is 39.2. The third-order valence-electron chi connectivity index (χ3n) is 9.63. The number of rotatable bonds is 9. The van der Waals surface area contributed by atoms with Gasteiger partial charge in [0.25, 0.3) is 0 Å². The third kappa shape index (κ3) is 6.88. The zero-order valence-electron chi connectivity index (χ0n) is 30.9. The summed E-state index contributed by atoms with van der Waals surface area (Å²) in [6.07, 6.45) is 0.438. The Morgan fingerprint density at radius 2 is 1.10 bits per heavy atom. The zero-order valence-corrected chi connectivity index (χ0v) is 31.7. The largest absolute Gasteiger partial charge is 0.508 e. The summed E-state index contributed by atoms with van der Waals surface area (Å²) in [5.41, 5.74) is 4.68. The number of benzene rings is 4. The van der Waals surface area contributed by atoms with Crippen molar-refractivity contribution in [3.8, 4) is 34.5 Å². The van der Waals surface area contributed by atoms with Crippen LogP contribution in [0.4, 0.5) is 0 Å². The molecule has 0 bridgehead atoms. The Balaban J connectivity index is 1.67. The second-order valence-electron chi connectivity index (χ2n) is 12.7. The minimum absolute atomic E-state index is 0.0344. The predicted octanol–water partition coefficient (Wildman–Crippen LogP) is 8.45. The Morgan fingerprint density at radius 3 is 1.67 bits per heavy atom. The van der Waals surface area contributed by atoms with Gasteiger partial charge < -0.3 is 34.3 Å². The summed E-state index contributed by atoms with van der Waals surface area (Å²) < 4.78 is 22.6. The highest BCUT2D eigenvalue weighted by molar-refractivity contribution is 6.34. The Hall–Kier alpha value is -5.55. The first-order chi connectivity index (χ1) is 24.3. The molecule has 52 heavy (non-hydrogen) atoms. The van der Waals surface area contributed by atoms with Crippen molar-refractivity contribution in [3.05, 3.63) is 101 Å². The van der Waals surface area contributed by atoms with Gasteiger partial charge in [0.2, 0.25) is 0 Å². The molecule has 4 aromatic rings. The number of aromatic hydroxyl groups is 2. The summed E-state index contributed by atoms with van der Waals surface area (Å²) in [7, 11) is 1.33. The van der Waals surface area contributed by atoms with E-state index in [-0.39, 0.29) is 56.4 Å². The molecule has 3 N–H and O–H groups in total. The van der Waals surface area contributed by atoms with Gasteiger partial charge >= 0.3 is 23.9 Å². The molecule has 0 fully saturated rings. The normalized spacial score (nSPS) is 10.9. The van der Waals surface area contributed by atoms with Gasteiger partial charge in [0.05, 0.1) is 18.2 Å². The van der Waals surface area contributed by atoms with E-state index in [0.29, 0.717) is 56.7 Å². The molecule has 0 heterocycles. The van der Waals surface area contributed by atoms with Crippen molar-refractivity contribution in [3.63, 3.8) is 0 Å². The van der Waals surface area contributed by atoms with Crippen LogP contribution in [0.2, 0.25) is 5.02 Å². The van der Waals surface area contributed by atoms with Crippen LogP contribution in [0.5, 0.6) is 34.5 Å². The highest BCUT2D eigenvalue weighted by Gasteiger charge is 2.30. The van der Waals surface area contributed by atoms with Crippen molar-refractivity contribution in [1.82, 2.24) is 0 Å². The lowest BCUT2D eigenvalue weighted by Gasteiger charge is -2.21. The number of methoxy groups -OCH3 is 1. The van der Waals surface area contributed by atoms with Crippen molar-refractivity contribution < 1.29 is 53.4 Å². The van der Waals surface area contributed by atoms with Crippen LogP contribution in [0.3, 0.4) is 0 Å². The first-order valence-corrected chi connectivity index (χ1v) is 16.7. The number of carbonyl (C=O) groups excluding carboxylic acids is 3. The van der Waals surface area contributed by atoms with Gasteiger partial charge in [0.15, 0.2) is 11.5 Å². The fraction of sp³-hybridized carbons (Fsp3) is 0.300. The summed E-state index contributed by atoms with van der Waals surface area (Å²) in [5, 5.41) is 30.4. The van der Waals surface area contributed by atoms with Crippen molar-refractivity contribution in [2.24, 2.45) is 0 Å². The van der Waals surface area contributed by atoms with Gasteiger partial charge in [-0.3, -0.25) is 0 Å². The molecule has 12 heteroatoms. The number of halogens is 1. The van der Waals surface area contributed by atoms with E-state index in [1.807, 2.05) is 6.92 Å². The number of esters is 3. The van der Waals surface area contributed by atoms with E-state index in [9.17, 15) is 34.5 Å². The van der Waals surface area contributed by atoms with Gasteiger partial charge in [-0.1, -0.05) is 18.5 Å².